The molecule has 2 aromatic heterocycles. The van der Waals surface area contributed by atoms with E-state index in [2.05, 4.69) is 25.5 Å². The summed E-state index contributed by atoms with van der Waals surface area (Å²) >= 11 is 0. The lowest BCUT2D eigenvalue weighted by molar-refractivity contribution is 0.212. The number of aromatic nitrogens is 6. The van der Waals surface area contributed by atoms with Crippen molar-refractivity contribution in [2.75, 3.05) is 6.54 Å². The molecule has 1 aromatic carbocycles. The zero-order valence-electron chi connectivity index (χ0n) is 12.9. The van der Waals surface area contributed by atoms with Gasteiger partial charge in [-0.1, -0.05) is 18.2 Å². The molecule has 1 aliphatic heterocycles. The van der Waals surface area contributed by atoms with Crippen LogP contribution < -0.4 is 0 Å². The monoisotopic (exact) mass is 309 g/mol. The molecule has 1 atom stereocenters. The molecule has 0 bridgehead atoms. The lowest BCUT2D eigenvalue weighted by atomic mass is 10.2. The van der Waals surface area contributed by atoms with Crippen LogP contribution in [-0.4, -0.2) is 47.5 Å². The third kappa shape index (κ3) is 3.00. The minimum Gasteiger partial charge on any atom is -0.291 e. The van der Waals surface area contributed by atoms with E-state index in [1.807, 2.05) is 58.2 Å². The Morgan fingerprint density at radius 3 is 2.87 bits per heavy atom. The predicted molar refractivity (Wildman–Crippen MR) is 84.8 cm³/mol. The van der Waals surface area contributed by atoms with Gasteiger partial charge in [0.2, 0.25) is 0 Å². The molecule has 7 heteroatoms. The van der Waals surface area contributed by atoms with Gasteiger partial charge in [-0.25, -0.2) is 0 Å². The fourth-order valence-corrected chi connectivity index (χ4v) is 3.19. The van der Waals surface area contributed by atoms with Crippen LogP contribution in [0.25, 0.3) is 5.69 Å². The van der Waals surface area contributed by atoms with E-state index in [-0.39, 0.29) is 0 Å². The van der Waals surface area contributed by atoms with E-state index in [9.17, 15) is 0 Å². The summed E-state index contributed by atoms with van der Waals surface area (Å²) in [6.45, 7) is 2.75. The molecule has 23 heavy (non-hydrogen) atoms. The molecule has 0 N–H and O–H groups in total. The maximum Gasteiger partial charge on any atom is 0.170 e. The highest BCUT2D eigenvalue weighted by Crippen LogP contribution is 2.21. The Morgan fingerprint density at radius 1 is 1.13 bits per heavy atom. The molecule has 3 heterocycles. The summed E-state index contributed by atoms with van der Waals surface area (Å²) < 4.78 is 3.83. The summed E-state index contributed by atoms with van der Waals surface area (Å²) in [7, 11) is 0. The molecule has 0 amide bonds. The first-order valence-electron chi connectivity index (χ1n) is 7.94. The molecule has 118 valence electrons. The van der Waals surface area contributed by atoms with E-state index in [0.717, 1.165) is 31.1 Å². The number of para-hydroxylation sites is 1. The van der Waals surface area contributed by atoms with Crippen LogP contribution in [0, 0.1) is 0 Å². The smallest absolute Gasteiger partial charge is 0.170 e. The van der Waals surface area contributed by atoms with Crippen LogP contribution >= 0.6 is 0 Å². The van der Waals surface area contributed by atoms with Crippen LogP contribution in [0.3, 0.4) is 0 Å². The van der Waals surface area contributed by atoms with Gasteiger partial charge in [0.1, 0.15) is 0 Å². The number of rotatable bonds is 5. The van der Waals surface area contributed by atoms with Crippen LogP contribution in [0.1, 0.15) is 18.7 Å². The van der Waals surface area contributed by atoms with Gasteiger partial charge in [0.25, 0.3) is 0 Å². The van der Waals surface area contributed by atoms with Crippen molar-refractivity contribution in [3.63, 3.8) is 0 Å². The summed E-state index contributed by atoms with van der Waals surface area (Å²) in [5.41, 5.74) is 0.996. The first-order chi connectivity index (χ1) is 11.4. The highest BCUT2D eigenvalue weighted by molar-refractivity contribution is 5.30. The molecular weight excluding hydrogens is 290 g/mol. The topological polar surface area (TPSA) is 64.7 Å². The fourth-order valence-electron chi connectivity index (χ4n) is 3.19. The SMILES string of the molecule is c1ccc(-n2nnnc2CN2CCC[C@@H]2Cn2cccn2)cc1. The van der Waals surface area contributed by atoms with Gasteiger partial charge in [0, 0.05) is 18.4 Å². The van der Waals surface area contributed by atoms with Gasteiger partial charge < -0.3 is 0 Å². The minimum atomic E-state index is 0.482. The van der Waals surface area contributed by atoms with Crippen molar-refractivity contribution in [1.82, 2.24) is 34.9 Å². The molecule has 1 fully saturated rings. The summed E-state index contributed by atoms with van der Waals surface area (Å²) in [6, 6.07) is 12.5. The largest absolute Gasteiger partial charge is 0.291 e. The Bertz CT molecular complexity index is 735. The summed E-state index contributed by atoms with van der Waals surface area (Å²) in [5, 5.41) is 16.5. The summed E-state index contributed by atoms with van der Waals surface area (Å²) in [5.74, 6) is 0.878. The van der Waals surface area contributed by atoms with E-state index < -0.39 is 0 Å². The van der Waals surface area contributed by atoms with Crippen molar-refractivity contribution in [2.24, 2.45) is 0 Å². The van der Waals surface area contributed by atoms with Gasteiger partial charge in [0.05, 0.1) is 18.8 Å². The Morgan fingerprint density at radius 2 is 2.04 bits per heavy atom. The average Bonchev–Trinajstić information content (AvgIpc) is 3.32. The van der Waals surface area contributed by atoms with Gasteiger partial charge in [0.15, 0.2) is 5.82 Å². The number of tetrazole rings is 1. The maximum absolute atomic E-state index is 4.32. The third-order valence-corrected chi connectivity index (χ3v) is 4.34. The van der Waals surface area contributed by atoms with E-state index in [0.29, 0.717) is 6.04 Å². The van der Waals surface area contributed by atoms with Crippen molar-refractivity contribution >= 4 is 0 Å². The third-order valence-electron chi connectivity index (χ3n) is 4.34. The van der Waals surface area contributed by atoms with Crippen molar-refractivity contribution < 1.29 is 0 Å². The molecule has 0 radical (unpaired) electrons. The van der Waals surface area contributed by atoms with Gasteiger partial charge in [-0.05, 0) is 48.0 Å². The van der Waals surface area contributed by atoms with E-state index in [1.165, 1.54) is 12.8 Å². The number of likely N-dealkylation sites (tertiary alicyclic amines) is 1. The van der Waals surface area contributed by atoms with Crippen LogP contribution in [-0.2, 0) is 13.1 Å². The first kappa shape index (κ1) is 14.1. The van der Waals surface area contributed by atoms with Crippen LogP contribution in [0.5, 0.6) is 0 Å². The van der Waals surface area contributed by atoms with Crippen LogP contribution in [0.4, 0.5) is 0 Å². The normalized spacial score (nSPS) is 18.5. The molecule has 4 rings (SSSR count). The zero-order valence-corrected chi connectivity index (χ0v) is 12.9. The Hall–Kier alpha value is -2.54. The highest BCUT2D eigenvalue weighted by Gasteiger charge is 2.26. The summed E-state index contributed by atoms with van der Waals surface area (Å²) in [4.78, 5) is 2.45. The van der Waals surface area contributed by atoms with E-state index in [4.69, 9.17) is 0 Å². The van der Waals surface area contributed by atoms with Crippen molar-refractivity contribution in [2.45, 2.75) is 32.0 Å². The molecule has 0 saturated carbocycles. The van der Waals surface area contributed by atoms with Crippen molar-refractivity contribution in [1.29, 1.82) is 0 Å². The minimum absolute atomic E-state index is 0.482. The van der Waals surface area contributed by atoms with Crippen LogP contribution in [0.15, 0.2) is 48.8 Å². The van der Waals surface area contributed by atoms with Crippen molar-refractivity contribution in [3.8, 4) is 5.69 Å². The van der Waals surface area contributed by atoms with Gasteiger partial charge in [-0.15, -0.1) is 5.10 Å². The van der Waals surface area contributed by atoms with Crippen molar-refractivity contribution in [3.05, 3.63) is 54.6 Å². The quantitative estimate of drug-likeness (QED) is 0.715. The maximum atomic E-state index is 4.32. The Labute approximate surface area is 134 Å². The fraction of sp³-hybridized carbons (Fsp3) is 0.375. The zero-order chi connectivity index (χ0) is 15.5. The second-order valence-electron chi connectivity index (χ2n) is 5.84. The molecule has 0 unspecified atom stereocenters. The van der Waals surface area contributed by atoms with Gasteiger partial charge in [-0.3, -0.25) is 9.58 Å². The number of nitrogens with zero attached hydrogens (tertiary/aromatic N) is 7. The highest BCUT2D eigenvalue weighted by atomic mass is 15.5. The number of benzene rings is 1. The second kappa shape index (κ2) is 6.29. The van der Waals surface area contributed by atoms with E-state index >= 15 is 0 Å². The standard InChI is InChI=1S/C16H19N7/c1-2-6-14(7-3-1)23-16(18-19-20-23)13-21-10-4-8-15(21)12-22-11-5-9-17-22/h1-3,5-7,9,11,15H,4,8,10,12-13H2/t15-/m1/s1. The average molecular weight is 309 g/mol. The molecule has 1 saturated heterocycles. The molecular formula is C16H19N7. The van der Waals surface area contributed by atoms with Crippen LogP contribution in [0.2, 0.25) is 0 Å². The Kier molecular flexibility index (Phi) is 3.85. The number of hydrogen-bond donors (Lipinski definition) is 0. The van der Waals surface area contributed by atoms with E-state index in [1.54, 1.807) is 0 Å². The molecule has 0 aliphatic carbocycles. The lowest BCUT2D eigenvalue weighted by Gasteiger charge is -2.23. The first-order valence-corrected chi connectivity index (χ1v) is 7.94. The lowest BCUT2D eigenvalue weighted by Crippen LogP contribution is -2.33. The Balaban J connectivity index is 1.51. The predicted octanol–water partition coefficient (Wildman–Crippen LogP) is 1.52. The summed E-state index contributed by atoms with van der Waals surface area (Å²) in [6.07, 6.45) is 6.24. The second-order valence-corrected chi connectivity index (χ2v) is 5.84. The molecule has 7 nitrogen and oxygen atoms in total. The molecule has 1 aliphatic rings. The van der Waals surface area contributed by atoms with Gasteiger partial charge in [-0.2, -0.15) is 9.78 Å². The number of hydrogen-bond acceptors (Lipinski definition) is 5. The van der Waals surface area contributed by atoms with Gasteiger partial charge >= 0.3 is 0 Å². The molecule has 0 spiro atoms. The molecule has 3 aromatic rings.